The first-order chi connectivity index (χ1) is 15.5. The third kappa shape index (κ3) is 2.04. The van der Waals surface area contributed by atoms with E-state index in [0.717, 1.165) is 27.2 Å². The van der Waals surface area contributed by atoms with Gasteiger partial charge in [-0.25, -0.2) is 4.90 Å². The molecule has 0 aromatic heterocycles. The van der Waals surface area contributed by atoms with E-state index in [1.165, 1.54) is 12.1 Å². The van der Waals surface area contributed by atoms with Crippen LogP contribution in [0.2, 0.25) is 0 Å². The van der Waals surface area contributed by atoms with Gasteiger partial charge in [0.2, 0.25) is 11.8 Å². The van der Waals surface area contributed by atoms with Crippen molar-refractivity contribution in [3.8, 4) is 0 Å². The van der Waals surface area contributed by atoms with Gasteiger partial charge in [0.05, 0.1) is 16.8 Å². The fourth-order valence-corrected chi connectivity index (χ4v) is 6.57. The maximum Gasteiger partial charge on any atom is 0.293 e. The van der Waals surface area contributed by atoms with Gasteiger partial charge in [0.15, 0.2) is 0 Å². The lowest BCUT2D eigenvalue weighted by atomic mass is 9.46. The summed E-state index contributed by atoms with van der Waals surface area (Å²) in [7, 11) is 0. The van der Waals surface area contributed by atoms with E-state index in [2.05, 4.69) is 31.2 Å². The molecule has 2 amide bonds. The van der Waals surface area contributed by atoms with Crippen molar-refractivity contribution in [1.29, 1.82) is 0 Å². The first kappa shape index (κ1) is 18.9. The summed E-state index contributed by atoms with van der Waals surface area (Å²) in [4.78, 5) is 40.1. The lowest BCUT2D eigenvalue weighted by Crippen LogP contribution is -2.53. The predicted octanol–water partition coefficient (Wildman–Crippen LogP) is 4.56. The van der Waals surface area contributed by atoms with E-state index in [4.69, 9.17) is 0 Å². The Bertz CT molecular complexity index is 1280. The summed E-state index contributed by atoms with van der Waals surface area (Å²) in [6.45, 7) is 2.06. The number of anilines is 1. The minimum absolute atomic E-state index is 0.0562. The molecule has 0 N–H and O–H groups in total. The Balaban J connectivity index is 1.64. The number of nitro groups is 1. The van der Waals surface area contributed by atoms with Gasteiger partial charge in [-0.3, -0.25) is 19.7 Å². The zero-order valence-corrected chi connectivity index (χ0v) is 17.4. The fourth-order valence-electron chi connectivity index (χ4n) is 6.57. The molecule has 1 heterocycles. The molecule has 4 aliphatic rings. The van der Waals surface area contributed by atoms with Gasteiger partial charge in [0.1, 0.15) is 5.69 Å². The molecule has 0 spiro atoms. The highest BCUT2D eigenvalue weighted by molar-refractivity contribution is 6.24. The number of amides is 2. The van der Waals surface area contributed by atoms with E-state index in [1.54, 1.807) is 12.1 Å². The van der Waals surface area contributed by atoms with Crippen LogP contribution in [0.4, 0.5) is 11.4 Å². The molecule has 3 aromatic carbocycles. The Morgan fingerprint density at radius 1 is 0.875 bits per heavy atom. The SMILES string of the molecule is CCC12c3ccccc3C(c3ccccc31)[C@H]1C(=O)N(c3ccccc3[N+](=O)[O-])C(=O)[C@@H]12. The molecule has 7 rings (SSSR count). The van der Waals surface area contributed by atoms with Crippen molar-refractivity contribution in [2.24, 2.45) is 11.8 Å². The maximum absolute atomic E-state index is 14.0. The summed E-state index contributed by atoms with van der Waals surface area (Å²) in [5.74, 6) is -2.10. The van der Waals surface area contributed by atoms with Crippen molar-refractivity contribution in [3.05, 3.63) is 105 Å². The Morgan fingerprint density at radius 3 is 2.03 bits per heavy atom. The summed E-state index contributed by atoms with van der Waals surface area (Å²) in [5, 5.41) is 11.7. The summed E-state index contributed by atoms with van der Waals surface area (Å²) in [6, 6.07) is 22.2. The van der Waals surface area contributed by atoms with E-state index < -0.39 is 22.2 Å². The van der Waals surface area contributed by atoms with Crippen LogP contribution in [0.3, 0.4) is 0 Å². The Labute approximate surface area is 184 Å². The smallest absolute Gasteiger partial charge is 0.274 e. The topological polar surface area (TPSA) is 80.5 Å². The number of imide groups is 1. The first-order valence-electron chi connectivity index (χ1n) is 10.8. The van der Waals surface area contributed by atoms with Gasteiger partial charge >= 0.3 is 0 Å². The van der Waals surface area contributed by atoms with Gasteiger partial charge in [-0.05, 0) is 34.7 Å². The highest BCUT2D eigenvalue weighted by Gasteiger charge is 2.67. The Morgan fingerprint density at radius 2 is 1.44 bits per heavy atom. The van der Waals surface area contributed by atoms with Gasteiger partial charge < -0.3 is 0 Å². The van der Waals surface area contributed by atoms with Gasteiger partial charge in [-0.15, -0.1) is 0 Å². The highest BCUT2D eigenvalue weighted by atomic mass is 16.6. The molecule has 0 saturated carbocycles. The molecule has 32 heavy (non-hydrogen) atoms. The van der Waals surface area contributed by atoms with Gasteiger partial charge in [0, 0.05) is 17.4 Å². The number of benzene rings is 3. The highest BCUT2D eigenvalue weighted by Crippen LogP contribution is 2.65. The average Bonchev–Trinajstić information content (AvgIpc) is 3.09. The zero-order valence-electron chi connectivity index (χ0n) is 17.4. The largest absolute Gasteiger partial charge is 0.293 e. The average molecular weight is 424 g/mol. The third-order valence-electron chi connectivity index (χ3n) is 7.67. The van der Waals surface area contributed by atoms with Crippen LogP contribution in [-0.2, 0) is 15.0 Å². The molecule has 0 radical (unpaired) electrons. The second-order valence-electron chi connectivity index (χ2n) is 8.74. The number of carbonyl (C=O) groups is 2. The first-order valence-corrected chi connectivity index (χ1v) is 10.8. The van der Waals surface area contributed by atoms with Crippen LogP contribution in [0.25, 0.3) is 0 Å². The zero-order chi connectivity index (χ0) is 22.2. The number of carbonyl (C=O) groups excluding carboxylic acids is 2. The molecular formula is C26H20N2O4. The summed E-state index contributed by atoms with van der Waals surface area (Å²) >= 11 is 0. The minimum Gasteiger partial charge on any atom is -0.274 e. The van der Waals surface area contributed by atoms with E-state index in [1.807, 2.05) is 24.3 Å². The van der Waals surface area contributed by atoms with Gasteiger partial charge in [-0.1, -0.05) is 67.6 Å². The van der Waals surface area contributed by atoms with Crippen molar-refractivity contribution in [1.82, 2.24) is 0 Å². The number of hydrogen-bond acceptors (Lipinski definition) is 4. The molecular weight excluding hydrogens is 404 g/mol. The third-order valence-corrected chi connectivity index (χ3v) is 7.67. The number of nitrogens with zero attached hydrogens (tertiary/aromatic N) is 2. The summed E-state index contributed by atoms with van der Waals surface area (Å²) < 4.78 is 0. The van der Waals surface area contributed by atoms with E-state index in [-0.39, 0.29) is 29.1 Å². The van der Waals surface area contributed by atoms with Crippen molar-refractivity contribution >= 4 is 23.2 Å². The van der Waals surface area contributed by atoms with Crippen LogP contribution in [0.1, 0.15) is 41.5 Å². The van der Waals surface area contributed by atoms with Crippen LogP contribution in [-0.4, -0.2) is 16.7 Å². The monoisotopic (exact) mass is 424 g/mol. The van der Waals surface area contributed by atoms with Crippen molar-refractivity contribution < 1.29 is 14.5 Å². The molecule has 1 aliphatic heterocycles. The van der Waals surface area contributed by atoms with Crippen molar-refractivity contribution in [2.75, 3.05) is 4.90 Å². The Hall–Kier alpha value is -3.80. The lowest BCUT2D eigenvalue weighted by molar-refractivity contribution is -0.384. The molecule has 2 atom stereocenters. The van der Waals surface area contributed by atoms with E-state index in [9.17, 15) is 19.7 Å². The predicted molar refractivity (Wildman–Crippen MR) is 118 cm³/mol. The minimum atomic E-state index is -0.641. The van der Waals surface area contributed by atoms with Crippen LogP contribution in [0.15, 0.2) is 72.8 Å². The lowest BCUT2D eigenvalue weighted by Gasteiger charge is -2.54. The second-order valence-corrected chi connectivity index (χ2v) is 8.74. The normalized spacial score (nSPS) is 27.2. The summed E-state index contributed by atoms with van der Waals surface area (Å²) in [5.41, 5.74) is 3.54. The van der Waals surface area contributed by atoms with Crippen LogP contribution in [0, 0.1) is 22.0 Å². The molecule has 0 unspecified atom stereocenters. The molecule has 1 fully saturated rings. The maximum atomic E-state index is 14.0. The quantitative estimate of drug-likeness (QED) is 0.351. The fraction of sp³-hybridized carbons (Fsp3) is 0.231. The van der Waals surface area contributed by atoms with Crippen LogP contribution in [0.5, 0.6) is 0 Å². The Kier molecular flexibility index (Phi) is 3.76. The molecule has 3 aromatic rings. The molecule has 3 aliphatic carbocycles. The van der Waals surface area contributed by atoms with Crippen molar-refractivity contribution in [2.45, 2.75) is 24.7 Å². The molecule has 2 bridgehead atoms. The van der Waals surface area contributed by atoms with E-state index >= 15 is 0 Å². The number of hydrogen-bond donors (Lipinski definition) is 0. The molecule has 1 saturated heterocycles. The number of rotatable bonds is 3. The van der Waals surface area contributed by atoms with E-state index in [0.29, 0.717) is 6.42 Å². The molecule has 6 nitrogen and oxygen atoms in total. The number of nitro benzene ring substituents is 1. The van der Waals surface area contributed by atoms with Gasteiger partial charge in [0.25, 0.3) is 5.69 Å². The standard InChI is InChI=1S/C26H20N2O4/c1-2-26-17-11-5-3-9-15(17)21(16-10-4-6-12-18(16)26)22-23(26)25(30)27(24(22)29)19-13-7-8-14-20(19)28(31)32/h3-14,21-23H,2H2,1H3/t21?,22-,23-,26?/m1/s1. The van der Waals surface area contributed by atoms with Crippen molar-refractivity contribution in [3.63, 3.8) is 0 Å². The van der Waals surface area contributed by atoms with Crippen LogP contribution < -0.4 is 4.90 Å². The second kappa shape index (κ2) is 6.36. The molecule has 6 heteroatoms. The summed E-state index contributed by atoms with van der Waals surface area (Å²) in [6.07, 6.45) is 0.651. The van der Waals surface area contributed by atoms with Gasteiger partial charge in [-0.2, -0.15) is 0 Å². The van der Waals surface area contributed by atoms with Crippen LogP contribution >= 0.6 is 0 Å². The molecule has 158 valence electrons. The number of para-hydroxylation sites is 2.